The molecule has 144 valence electrons. The van der Waals surface area contributed by atoms with Crippen molar-refractivity contribution in [2.24, 2.45) is 0 Å². The van der Waals surface area contributed by atoms with E-state index in [1.807, 2.05) is 54.6 Å². The van der Waals surface area contributed by atoms with Crippen molar-refractivity contribution in [3.63, 3.8) is 0 Å². The number of furan rings is 1. The molecule has 0 saturated heterocycles. The van der Waals surface area contributed by atoms with Gasteiger partial charge in [-0.2, -0.15) is 0 Å². The van der Waals surface area contributed by atoms with Crippen LogP contribution in [-0.4, -0.2) is 30.1 Å². The molecule has 1 atom stereocenters. The standard InChI is InChI=1S/C23H18N2O4/c26-23(24-13-15-14-28-21-8-3-4-9-22(21)29-15)17-12-19(20-10-5-11-27-20)25-18-7-2-1-6-16(17)18/h1-12,15H,13-14H2,(H,24,26)/t15-/m1/s1. The molecule has 6 nitrogen and oxygen atoms in total. The normalized spacial score (nSPS) is 15.2. The Labute approximate surface area is 167 Å². The summed E-state index contributed by atoms with van der Waals surface area (Å²) in [5.74, 6) is 1.83. The van der Waals surface area contributed by atoms with Crippen LogP contribution >= 0.6 is 0 Å². The van der Waals surface area contributed by atoms with E-state index in [4.69, 9.17) is 13.9 Å². The van der Waals surface area contributed by atoms with Gasteiger partial charge in [0.05, 0.1) is 23.9 Å². The Hall–Kier alpha value is -3.80. The SMILES string of the molecule is O=C(NC[C@@H]1COc2ccccc2O1)c1cc(-c2ccco2)nc2ccccc12. The van der Waals surface area contributed by atoms with E-state index < -0.39 is 0 Å². The second kappa shape index (κ2) is 7.31. The number of carbonyl (C=O) groups is 1. The van der Waals surface area contributed by atoms with Gasteiger partial charge >= 0.3 is 0 Å². The highest BCUT2D eigenvalue weighted by Gasteiger charge is 2.22. The van der Waals surface area contributed by atoms with Crippen molar-refractivity contribution in [2.45, 2.75) is 6.10 Å². The van der Waals surface area contributed by atoms with Crippen LogP contribution in [0.5, 0.6) is 11.5 Å². The van der Waals surface area contributed by atoms with Gasteiger partial charge in [0.2, 0.25) is 0 Å². The maximum Gasteiger partial charge on any atom is 0.252 e. The van der Waals surface area contributed by atoms with Crippen LogP contribution in [0.2, 0.25) is 0 Å². The monoisotopic (exact) mass is 386 g/mol. The largest absolute Gasteiger partial charge is 0.486 e. The molecule has 0 fully saturated rings. The molecule has 0 radical (unpaired) electrons. The topological polar surface area (TPSA) is 73.6 Å². The molecule has 4 aromatic rings. The summed E-state index contributed by atoms with van der Waals surface area (Å²) in [5, 5.41) is 3.75. The predicted molar refractivity (Wildman–Crippen MR) is 108 cm³/mol. The molecule has 1 N–H and O–H groups in total. The zero-order valence-electron chi connectivity index (χ0n) is 15.5. The summed E-state index contributed by atoms with van der Waals surface area (Å²) in [7, 11) is 0. The number of nitrogens with one attached hydrogen (secondary N) is 1. The fourth-order valence-corrected chi connectivity index (χ4v) is 3.38. The zero-order chi connectivity index (χ0) is 19.6. The van der Waals surface area contributed by atoms with E-state index in [1.54, 1.807) is 18.4 Å². The van der Waals surface area contributed by atoms with Crippen LogP contribution in [0.4, 0.5) is 0 Å². The molecule has 0 saturated carbocycles. The van der Waals surface area contributed by atoms with Gasteiger partial charge in [-0.05, 0) is 36.4 Å². The summed E-state index contributed by atoms with van der Waals surface area (Å²) in [5.41, 5.74) is 1.89. The Morgan fingerprint density at radius 1 is 1.03 bits per heavy atom. The number of fused-ring (bicyclic) bond motifs is 2. The van der Waals surface area contributed by atoms with E-state index in [9.17, 15) is 4.79 Å². The molecule has 0 bridgehead atoms. The Morgan fingerprint density at radius 3 is 2.72 bits per heavy atom. The van der Waals surface area contributed by atoms with Crippen LogP contribution in [0.25, 0.3) is 22.4 Å². The maximum atomic E-state index is 13.0. The molecule has 1 aliphatic rings. The van der Waals surface area contributed by atoms with Gasteiger partial charge in [0.25, 0.3) is 5.91 Å². The van der Waals surface area contributed by atoms with Crippen molar-refractivity contribution in [3.8, 4) is 23.0 Å². The number of pyridine rings is 1. The number of hydrogen-bond donors (Lipinski definition) is 1. The van der Waals surface area contributed by atoms with Crippen molar-refractivity contribution in [3.05, 3.63) is 78.6 Å². The average molecular weight is 386 g/mol. The minimum Gasteiger partial charge on any atom is -0.486 e. The van der Waals surface area contributed by atoms with Gasteiger partial charge in [-0.1, -0.05) is 30.3 Å². The summed E-state index contributed by atoms with van der Waals surface area (Å²) in [6, 6.07) is 20.4. The molecule has 0 aliphatic carbocycles. The zero-order valence-corrected chi connectivity index (χ0v) is 15.5. The second-order valence-electron chi connectivity index (χ2n) is 6.76. The first kappa shape index (κ1) is 17.3. The van der Waals surface area contributed by atoms with Crippen LogP contribution < -0.4 is 14.8 Å². The van der Waals surface area contributed by atoms with Gasteiger partial charge in [0.1, 0.15) is 18.4 Å². The van der Waals surface area contributed by atoms with Gasteiger partial charge in [-0.3, -0.25) is 4.79 Å². The van der Waals surface area contributed by atoms with E-state index in [0.717, 1.165) is 16.7 Å². The summed E-state index contributed by atoms with van der Waals surface area (Å²) < 4.78 is 17.1. The van der Waals surface area contributed by atoms with Crippen LogP contribution in [-0.2, 0) is 0 Å². The molecule has 29 heavy (non-hydrogen) atoms. The van der Waals surface area contributed by atoms with Gasteiger partial charge in [0.15, 0.2) is 17.3 Å². The first-order chi connectivity index (χ1) is 14.3. The molecule has 1 amide bonds. The minimum atomic E-state index is -0.258. The number of rotatable bonds is 4. The lowest BCUT2D eigenvalue weighted by atomic mass is 10.1. The third-order valence-corrected chi connectivity index (χ3v) is 4.79. The Kier molecular flexibility index (Phi) is 4.37. The van der Waals surface area contributed by atoms with Crippen LogP contribution in [0, 0.1) is 0 Å². The highest BCUT2D eigenvalue weighted by atomic mass is 16.6. The number of carbonyl (C=O) groups excluding carboxylic acids is 1. The molecule has 0 unspecified atom stereocenters. The van der Waals surface area contributed by atoms with Crippen molar-refractivity contribution in [2.75, 3.05) is 13.2 Å². The molecular weight excluding hydrogens is 368 g/mol. The van der Waals surface area contributed by atoms with Crippen LogP contribution in [0.3, 0.4) is 0 Å². The fourth-order valence-electron chi connectivity index (χ4n) is 3.38. The third kappa shape index (κ3) is 3.40. The van der Waals surface area contributed by atoms with Crippen molar-refractivity contribution in [1.82, 2.24) is 10.3 Å². The average Bonchev–Trinajstić information content (AvgIpc) is 3.31. The van der Waals surface area contributed by atoms with Gasteiger partial charge in [-0.15, -0.1) is 0 Å². The van der Waals surface area contributed by atoms with Gasteiger partial charge in [0, 0.05) is 5.39 Å². The van der Waals surface area contributed by atoms with E-state index in [1.165, 1.54) is 0 Å². The first-order valence-corrected chi connectivity index (χ1v) is 9.38. The number of para-hydroxylation sites is 3. The van der Waals surface area contributed by atoms with E-state index in [-0.39, 0.29) is 12.0 Å². The van der Waals surface area contributed by atoms with E-state index >= 15 is 0 Å². The van der Waals surface area contributed by atoms with E-state index in [0.29, 0.717) is 35.9 Å². The number of ether oxygens (including phenoxy) is 2. The summed E-state index contributed by atoms with van der Waals surface area (Å²) in [6.07, 6.45) is 1.33. The lowest BCUT2D eigenvalue weighted by Gasteiger charge is -2.26. The molecule has 5 rings (SSSR count). The number of aromatic nitrogens is 1. The summed E-state index contributed by atoms with van der Waals surface area (Å²) in [6.45, 7) is 0.714. The second-order valence-corrected chi connectivity index (χ2v) is 6.76. The highest BCUT2D eigenvalue weighted by Crippen LogP contribution is 2.31. The summed E-state index contributed by atoms with van der Waals surface area (Å²) >= 11 is 0. The quantitative estimate of drug-likeness (QED) is 0.572. The number of benzene rings is 2. The van der Waals surface area contributed by atoms with Crippen molar-refractivity contribution >= 4 is 16.8 Å². The molecule has 2 aromatic carbocycles. The molecule has 2 aromatic heterocycles. The number of nitrogens with zero attached hydrogens (tertiary/aromatic N) is 1. The summed E-state index contributed by atoms with van der Waals surface area (Å²) in [4.78, 5) is 17.6. The maximum absolute atomic E-state index is 13.0. The molecule has 3 heterocycles. The highest BCUT2D eigenvalue weighted by molar-refractivity contribution is 6.07. The van der Waals surface area contributed by atoms with Crippen LogP contribution in [0.15, 0.2) is 77.4 Å². The Balaban J connectivity index is 1.38. The van der Waals surface area contributed by atoms with Crippen LogP contribution in [0.1, 0.15) is 10.4 Å². The smallest absolute Gasteiger partial charge is 0.252 e. The lowest BCUT2D eigenvalue weighted by Crippen LogP contribution is -2.40. The van der Waals surface area contributed by atoms with E-state index in [2.05, 4.69) is 10.3 Å². The molecular formula is C23H18N2O4. The fraction of sp³-hybridized carbons (Fsp3) is 0.130. The number of amides is 1. The Morgan fingerprint density at radius 2 is 1.86 bits per heavy atom. The first-order valence-electron chi connectivity index (χ1n) is 9.38. The molecule has 6 heteroatoms. The van der Waals surface area contributed by atoms with Crippen molar-refractivity contribution in [1.29, 1.82) is 0 Å². The van der Waals surface area contributed by atoms with Gasteiger partial charge < -0.3 is 19.2 Å². The Bertz CT molecular complexity index is 1170. The van der Waals surface area contributed by atoms with Gasteiger partial charge in [-0.25, -0.2) is 4.98 Å². The molecule has 1 aliphatic heterocycles. The lowest BCUT2D eigenvalue weighted by molar-refractivity contribution is 0.0790. The van der Waals surface area contributed by atoms with Crippen molar-refractivity contribution < 1.29 is 18.7 Å². The molecule has 0 spiro atoms. The predicted octanol–water partition coefficient (Wildman–Crippen LogP) is 4.06. The third-order valence-electron chi connectivity index (χ3n) is 4.79. The number of hydrogen-bond acceptors (Lipinski definition) is 5. The minimum absolute atomic E-state index is 0.195.